The summed E-state index contributed by atoms with van der Waals surface area (Å²) >= 11 is 0. The molecule has 2 N–H and O–H groups in total. The van der Waals surface area contributed by atoms with Gasteiger partial charge in [0.05, 0.1) is 7.11 Å². The molecule has 0 atom stereocenters. The Labute approximate surface area is 142 Å². The number of ketones is 1. The fourth-order valence-electron chi connectivity index (χ4n) is 2.18. The van der Waals surface area contributed by atoms with Gasteiger partial charge in [0.1, 0.15) is 5.75 Å². The standard InChI is InChI=1S/C19H22N2O3/c1-14(22)16-5-7-17(8-6-16)20-12-11-19(23)21-13-15-3-9-18(24-2)10-4-15/h3-10,20H,11-13H2,1-2H3,(H,21,23). The molecule has 126 valence electrons. The molecule has 2 rings (SSSR count). The van der Waals surface area contributed by atoms with Crippen molar-refractivity contribution < 1.29 is 14.3 Å². The van der Waals surface area contributed by atoms with Gasteiger partial charge >= 0.3 is 0 Å². The Bertz CT molecular complexity index is 679. The lowest BCUT2D eigenvalue weighted by atomic mass is 10.1. The third kappa shape index (κ3) is 5.43. The first-order chi connectivity index (χ1) is 11.6. The van der Waals surface area contributed by atoms with Crippen LogP contribution in [-0.2, 0) is 11.3 Å². The fraction of sp³-hybridized carbons (Fsp3) is 0.263. The van der Waals surface area contributed by atoms with Crippen LogP contribution in [0.15, 0.2) is 48.5 Å². The van der Waals surface area contributed by atoms with Gasteiger partial charge in [-0.15, -0.1) is 0 Å². The molecule has 0 heterocycles. The number of methoxy groups -OCH3 is 1. The van der Waals surface area contributed by atoms with E-state index >= 15 is 0 Å². The Hall–Kier alpha value is -2.82. The molecule has 0 bridgehead atoms. The molecule has 1 amide bonds. The van der Waals surface area contributed by atoms with Crippen LogP contribution in [0.4, 0.5) is 5.69 Å². The highest BCUT2D eigenvalue weighted by Crippen LogP contribution is 2.11. The summed E-state index contributed by atoms with van der Waals surface area (Å²) in [6.45, 7) is 2.57. The van der Waals surface area contributed by atoms with Gasteiger partial charge in [-0.05, 0) is 48.9 Å². The van der Waals surface area contributed by atoms with Crippen LogP contribution in [0.3, 0.4) is 0 Å². The first-order valence-electron chi connectivity index (χ1n) is 7.83. The van der Waals surface area contributed by atoms with Crippen molar-refractivity contribution in [2.24, 2.45) is 0 Å². The van der Waals surface area contributed by atoms with E-state index in [9.17, 15) is 9.59 Å². The summed E-state index contributed by atoms with van der Waals surface area (Å²) in [5.41, 5.74) is 2.60. The summed E-state index contributed by atoms with van der Waals surface area (Å²) < 4.78 is 5.10. The number of carbonyl (C=O) groups excluding carboxylic acids is 2. The number of anilines is 1. The monoisotopic (exact) mass is 326 g/mol. The Morgan fingerprint density at radius 2 is 1.67 bits per heavy atom. The lowest BCUT2D eigenvalue weighted by Gasteiger charge is -2.08. The predicted molar refractivity (Wildman–Crippen MR) is 94.4 cm³/mol. The molecule has 0 aliphatic heterocycles. The van der Waals surface area contributed by atoms with E-state index in [0.29, 0.717) is 25.1 Å². The van der Waals surface area contributed by atoms with Crippen molar-refractivity contribution in [3.8, 4) is 5.75 Å². The van der Waals surface area contributed by atoms with Gasteiger partial charge in [0.15, 0.2) is 5.78 Å². The van der Waals surface area contributed by atoms with Crippen LogP contribution in [0.2, 0.25) is 0 Å². The van der Waals surface area contributed by atoms with E-state index in [1.54, 1.807) is 19.2 Å². The molecule has 0 aliphatic rings. The van der Waals surface area contributed by atoms with Crippen LogP contribution >= 0.6 is 0 Å². The van der Waals surface area contributed by atoms with Crippen molar-refractivity contribution in [2.75, 3.05) is 19.0 Å². The molecule has 2 aromatic carbocycles. The van der Waals surface area contributed by atoms with Crippen molar-refractivity contribution >= 4 is 17.4 Å². The number of nitrogens with one attached hydrogen (secondary N) is 2. The minimum absolute atomic E-state index is 0.0151. The van der Waals surface area contributed by atoms with Gasteiger partial charge < -0.3 is 15.4 Å². The molecule has 0 aromatic heterocycles. The number of hydrogen-bond donors (Lipinski definition) is 2. The van der Waals surface area contributed by atoms with Crippen LogP contribution in [0, 0.1) is 0 Å². The molecular weight excluding hydrogens is 304 g/mol. The van der Waals surface area contributed by atoms with Gasteiger partial charge in [0.25, 0.3) is 0 Å². The minimum atomic E-state index is -0.0151. The van der Waals surface area contributed by atoms with E-state index in [4.69, 9.17) is 4.74 Å². The number of Topliss-reactive ketones (excluding diaryl/α,β-unsaturated/α-hetero) is 1. The molecule has 0 aliphatic carbocycles. The topological polar surface area (TPSA) is 67.4 Å². The van der Waals surface area contributed by atoms with Gasteiger partial charge in [-0.1, -0.05) is 12.1 Å². The first-order valence-corrected chi connectivity index (χ1v) is 7.83. The van der Waals surface area contributed by atoms with Crippen LogP contribution in [0.25, 0.3) is 0 Å². The summed E-state index contributed by atoms with van der Waals surface area (Å²) in [5.74, 6) is 0.822. The van der Waals surface area contributed by atoms with Gasteiger partial charge in [0.2, 0.25) is 5.91 Å². The molecule has 5 nitrogen and oxygen atoms in total. The first kappa shape index (κ1) is 17.5. The summed E-state index contributed by atoms with van der Waals surface area (Å²) in [7, 11) is 1.62. The van der Waals surface area contributed by atoms with E-state index in [-0.39, 0.29) is 11.7 Å². The largest absolute Gasteiger partial charge is 0.497 e. The maximum absolute atomic E-state index is 11.9. The summed E-state index contributed by atoms with van der Waals surface area (Å²) in [4.78, 5) is 23.1. The molecule has 0 spiro atoms. The second-order valence-corrected chi connectivity index (χ2v) is 5.44. The van der Waals surface area contributed by atoms with E-state index in [0.717, 1.165) is 17.0 Å². The van der Waals surface area contributed by atoms with Crippen molar-refractivity contribution in [3.63, 3.8) is 0 Å². The van der Waals surface area contributed by atoms with E-state index < -0.39 is 0 Å². The number of amides is 1. The van der Waals surface area contributed by atoms with Crippen molar-refractivity contribution in [3.05, 3.63) is 59.7 Å². The second-order valence-electron chi connectivity index (χ2n) is 5.44. The Morgan fingerprint density at radius 3 is 2.25 bits per heavy atom. The van der Waals surface area contributed by atoms with E-state index in [1.165, 1.54) is 6.92 Å². The van der Waals surface area contributed by atoms with Gasteiger partial charge in [-0.25, -0.2) is 0 Å². The number of hydrogen-bond acceptors (Lipinski definition) is 4. The quantitative estimate of drug-likeness (QED) is 0.732. The fourth-order valence-corrected chi connectivity index (χ4v) is 2.18. The third-order valence-corrected chi connectivity index (χ3v) is 3.62. The minimum Gasteiger partial charge on any atom is -0.497 e. The zero-order chi connectivity index (χ0) is 17.4. The molecule has 0 unspecified atom stereocenters. The molecule has 5 heteroatoms. The number of rotatable bonds is 8. The number of benzene rings is 2. The molecule has 0 radical (unpaired) electrons. The van der Waals surface area contributed by atoms with Crippen LogP contribution in [-0.4, -0.2) is 25.3 Å². The zero-order valence-corrected chi connectivity index (χ0v) is 14.0. The smallest absolute Gasteiger partial charge is 0.222 e. The molecule has 0 fully saturated rings. The molecule has 24 heavy (non-hydrogen) atoms. The maximum atomic E-state index is 11.9. The molecule has 2 aromatic rings. The SMILES string of the molecule is COc1ccc(CNC(=O)CCNc2ccc(C(C)=O)cc2)cc1. The van der Waals surface area contributed by atoms with Crippen molar-refractivity contribution in [1.82, 2.24) is 5.32 Å². The zero-order valence-electron chi connectivity index (χ0n) is 14.0. The summed E-state index contributed by atoms with van der Waals surface area (Å²) in [6, 6.07) is 14.8. The van der Waals surface area contributed by atoms with E-state index in [1.807, 2.05) is 36.4 Å². The lowest BCUT2D eigenvalue weighted by Crippen LogP contribution is -2.24. The van der Waals surface area contributed by atoms with Gasteiger partial charge in [0, 0.05) is 30.8 Å². The lowest BCUT2D eigenvalue weighted by molar-refractivity contribution is -0.121. The maximum Gasteiger partial charge on any atom is 0.222 e. The molecule has 0 saturated carbocycles. The second kappa shape index (κ2) is 8.72. The van der Waals surface area contributed by atoms with Gasteiger partial charge in [-0.2, -0.15) is 0 Å². The number of ether oxygens (including phenoxy) is 1. The number of carbonyl (C=O) groups is 2. The Balaban J connectivity index is 1.69. The average Bonchev–Trinajstić information content (AvgIpc) is 2.61. The molecular formula is C19H22N2O3. The van der Waals surface area contributed by atoms with Crippen LogP contribution < -0.4 is 15.4 Å². The van der Waals surface area contributed by atoms with Crippen LogP contribution in [0.5, 0.6) is 5.75 Å². The highest BCUT2D eigenvalue weighted by Gasteiger charge is 2.03. The highest BCUT2D eigenvalue weighted by atomic mass is 16.5. The predicted octanol–water partition coefficient (Wildman–Crippen LogP) is 3.02. The summed E-state index contributed by atoms with van der Waals surface area (Å²) in [5, 5.41) is 6.05. The third-order valence-electron chi connectivity index (χ3n) is 3.62. The highest BCUT2D eigenvalue weighted by molar-refractivity contribution is 5.94. The molecule has 0 saturated heterocycles. The van der Waals surface area contributed by atoms with Crippen molar-refractivity contribution in [2.45, 2.75) is 19.9 Å². The van der Waals surface area contributed by atoms with Crippen LogP contribution in [0.1, 0.15) is 29.3 Å². The van der Waals surface area contributed by atoms with E-state index in [2.05, 4.69) is 10.6 Å². The van der Waals surface area contributed by atoms with Gasteiger partial charge in [-0.3, -0.25) is 9.59 Å². The average molecular weight is 326 g/mol. The van der Waals surface area contributed by atoms with Crippen molar-refractivity contribution in [1.29, 1.82) is 0 Å². The summed E-state index contributed by atoms with van der Waals surface area (Å²) in [6.07, 6.45) is 0.380. The Morgan fingerprint density at radius 1 is 1.00 bits per heavy atom. The Kier molecular flexibility index (Phi) is 6.37. The normalized spacial score (nSPS) is 10.1.